The van der Waals surface area contributed by atoms with Crippen molar-refractivity contribution in [1.29, 1.82) is 0 Å². The van der Waals surface area contributed by atoms with Crippen LogP contribution in [0.4, 0.5) is 15.0 Å². The molecular formula is C28H34FN7O3Si. The second kappa shape index (κ2) is 10.7. The Bertz CT molecular complexity index is 1530. The summed E-state index contributed by atoms with van der Waals surface area (Å²) in [4.78, 5) is 23.4. The normalized spacial score (nSPS) is 18.2. The third kappa shape index (κ3) is 5.37. The number of benzene rings is 1. The summed E-state index contributed by atoms with van der Waals surface area (Å²) < 4.78 is 29.7. The van der Waals surface area contributed by atoms with E-state index in [1.165, 1.54) is 18.9 Å². The van der Waals surface area contributed by atoms with Crippen molar-refractivity contribution in [2.24, 2.45) is 5.92 Å². The fourth-order valence-electron chi connectivity index (χ4n) is 5.47. The molecule has 210 valence electrons. The zero-order chi connectivity index (χ0) is 27.9. The van der Waals surface area contributed by atoms with Crippen LogP contribution in [0, 0.1) is 11.7 Å². The SMILES string of the molecule is C[Si](C)(C)CCOCn1cnc(-c2ccc(-c3cnn4ccc(N5C(=O)OCC5C5CCCC5)nc34)cc2F)n1. The van der Waals surface area contributed by atoms with Gasteiger partial charge >= 0.3 is 6.09 Å². The average Bonchev–Trinajstić information content (AvgIpc) is 3.72. The van der Waals surface area contributed by atoms with Crippen LogP contribution in [0.15, 0.2) is 43.0 Å². The van der Waals surface area contributed by atoms with E-state index in [9.17, 15) is 4.79 Å². The molecule has 4 aromatic rings. The fourth-order valence-corrected chi connectivity index (χ4v) is 6.22. The molecule has 6 rings (SSSR count). The van der Waals surface area contributed by atoms with Crippen LogP contribution in [0.3, 0.4) is 0 Å². The van der Waals surface area contributed by atoms with Gasteiger partial charge < -0.3 is 9.47 Å². The van der Waals surface area contributed by atoms with Crippen molar-refractivity contribution in [2.75, 3.05) is 18.1 Å². The van der Waals surface area contributed by atoms with Gasteiger partial charge in [0.05, 0.1) is 17.8 Å². The largest absolute Gasteiger partial charge is 0.447 e. The van der Waals surface area contributed by atoms with Crippen LogP contribution in [0.2, 0.25) is 25.7 Å². The summed E-state index contributed by atoms with van der Waals surface area (Å²) in [5.74, 6) is 0.773. The van der Waals surface area contributed by atoms with E-state index in [0.717, 1.165) is 18.9 Å². The molecule has 10 nitrogen and oxygen atoms in total. The minimum absolute atomic E-state index is 0.0221. The van der Waals surface area contributed by atoms with E-state index in [-0.39, 0.29) is 18.9 Å². The van der Waals surface area contributed by atoms with Crippen LogP contribution in [-0.2, 0) is 16.2 Å². The summed E-state index contributed by atoms with van der Waals surface area (Å²) in [6, 6.07) is 7.73. The van der Waals surface area contributed by atoms with Gasteiger partial charge in [0.1, 0.15) is 31.3 Å². The highest BCUT2D eigenvalue weighted by atomic mass is 28.3. The van der Waals surface area contributed by atoms with Crippen LogP contribution in [0.25, 0.3) is 28.2 Å². The van der Waals surface area contributed by atoms with Gasteiger partial charge in [0, 0.05) is 26.4 Å². The summed E-state index contributed by atoms with van der Waals surface area (Å²) in [5, 5.41) is 8.79. The summed E-state index contributed by atoms with van der Waals surface area (Å²) in [6.45, 7) is 8.23. The molecule has 1 aliphatic heterocycles. The number of fused-ring (bicyclic) bond motifs is 1. The van der Waals surface area contributed by atoms with Crippen LogP contribution in [-0.4, -0.2) is 62.8 Å². The second-order valence-electron chi connectivity index (χ2n) is 11.8. The molecule has 12 heteroatoms. The lowest BCUT2D eigenvalue weighted by molar-refractivity contribution is 0.0784. The van der Waals surface area contributed by atoms with Crippen molar-refractivity contribution in [1.82, 2.24) is 29.4 Å². The number of carbonyl (C=O) groups excluding carboxylic acids is 1. The monoisotopic (exact) mass is 563 g/mol. The Morgan fingerprint density at radius 2 is 1.98 bits per heavy atom. The molecule has 0 bridgehead atoms. The highest BCUT2D eigenvalue weighted by molar-refractivity contribution is 6.76. The molecule has 1 saturated heterocycles. The smallest absolute Gasteiger partial charge is 0.415 e. The molecule has 0 spiro atoms. The number of cyclic esters (lactones) is 1. The van der Waals surface area contributed by atoms with E-state index in [4.69, 9.17) is 14.5 Å². The first-order valence-electron chi connectivity index (χ1n) is 13.8. The maximum Gasteiger partial charge on any atom is 0.415 e. The standard InChI is InChI=1S/C28H34FN7O3Si/c1-40(2,3)13-12-38-18-34-17-30-26(33-34)21-9-8-20(14-23(21)29)22-15-31-35-11-10-25(32-27(22)35)36-24(16-39-28(36)37)19-6-4-5-7-19/h8-11,14-15,17,19,24H,4-7,12-13,16,18H2,1-3H3. The molecule has 2 aliphatic rings. The Labute approximate surface area is 233 Å². The first-order valence-corrected chi connectivity index (χ1v) is 17.6. The lowest BCUT2D eigenvalue weighted by Crippen LogP contribution is -2.38. The van der Waals surface area contributed by atoms with Gasteiger partial charge in [0.15, 0.2) is 11.5 Å². The molecule has 3 aromatic heterocycles. The van der Waals surface area contributed by atoms with Gasteiger partial charge in [-0.25, -0.2) is 28.4 Å². The third-order valence-corrected chi connectivity index (χ3v) is 9.43. The van der Waals surface area contributed by atoms with Crippen LogP contribution < -0.4 is 4.90 Å². The van der Waals surface area contributed by atoms with Gasteiger partial charge in [-0.15, -0.1) is 5.10 Å². The maximum absolute atomic E-state index is 15.3. The number of carbonyl (C=O) groups is 1. The summed E-state index contributed by atoms with van der Waals surface area (Å²) >= 11 is 0. The lowest BCUT2D eigenvalue weighted by atomic mass is 9.98. The molecule has 1 atom stereocenters. The van der Waals surface area contributed by atoms with Gasteiger partial charge in [-0.2, -0.15) is 5.10 Å². The molecule has 40 heavy (non-hydrogen) atoms. The first-order chi connectivity index (χ1) is 19.3. The molecule has 1 unspecified atom stereocenters. The second-order valence-corrected chi connectivity index (χ2v) is 17.4. The Morgan fingerprint density at radius 3 is 2.75 bits per heavy atom. The molecular weight excluding hydrogens is 529 g/mol. The van der Waals surface area contributed by atoms with E-state index >= 15 is 4.39 Å². The zero-order valence-electron chi connectivity index (χ0n) is 23.1. The van der Waals surface area contributed by atoms with Crippen LogP contribution in [0.5, 0.6) is 0 Å². The van der Waals surface area contributed by atoms with Crippen molar-refractivity contribution in [3.8, 4) is 22.5 Å². The van der Waals surface area contributed by atoms with E-state index in [1.54, 1.807) is 51.0 Å². The molecule has 2 fully saturated rings. The third-order valence-electron chi connectivity index (χ3n) is 7.73. The number of anilines is 1. The van der Waals surface area contributed by atoms with Gasteiger partial charge in [-0.3, -0.25) is 4.90 Å². The predicted octanol–water partition coefficient (Wildman–Crippen LogP) is 5.62. The number of aromatic nitrogens is 6. The zero-order valence-corrected chi connectivity index (χ0v) is 24.1. The first kappa shape index (κ1) is 26.6. The average molecular weight is 564 g/mol. The fraction of sp³-hybridized carbons (Fsp3) is 0.464. The molecule has 0 radical (unpaired) electrons. The summed E-state index contributed by atoms with van der Waals surface area (Å²) in [6.07, 6.45) is 9.12. The predicted molar refractivity (Wildman–Crippen MR) is 151 cm³/mol. The van der Waals surface area contributed by atoms with E-state index in [0.29, 0.717) is 53.1 Å². The van der Waals surface area contributed by atoms with Crippen molar-refractivity contribution >= 4 is 25.6 Å². The summed E-state index contributed by atoms with van der Waals surface area (Å²) in [7, 11) is -1.17. The molecule has 0 N–H and O–H groups in total. The van der Waals surface area contributed by atoms with E-state index in [1.807, 2.05) is 0 Å². The number of ether oxygens (including phenoxy) is 2. The molecule has 1 amide bonds. The molecule has 1 aliphatic carbocycles. The highest BCUT2D eigenvalue weighted by Gasteiger charge is 2.41. The number of hydrogen-bond acceptors (Lipinski definition) is 7. The van der Waals surface area contributed by atoms with Gasteiger partial charge in [0.2, 0.25) is 0 Å². The number of hydrogen-bond donors (Lipinski definition) is 0. The van der Waals surface area contributed by atoms with Crippen molar-refractivity contribution in [3.63, 3.8) is 0 Å². The number of amides is 1. The van der Waals surface area contributed by atoms with Gasteiger partial charge in [-0.1, -0.05) is 38.5 Å². The quantitative estimate of drug-likeness (QED) is 0.192. The van der Waals surface area contributed by atoms with E-state index in [2.05, 4.69) is 34.8 Å². The topological polar surface area (TPSA) is 99.7 Å². The number of halogens is 1. The highest BCUT2D eigenvalue weighted by Crippen LogP contribution is 2.36. The van der Waals surface area contributed by atoms with Gasteiger partial charge in [0.25, 0.3) is 0 Å². The Hall–Kier alpha value is -3.64. The molecule has 1 aromatic carbocycles. The Morgan fingerprint density at radius 1 is 1.15 bits per heavy atom. The van der Waals surface area contributed by atoms with Crippen LogP contribution in [0.1, 0.15) is 25.7 Å². The maximum atomic E-state index is 15.3. The number of nitrogens with zero attached hydrogens (tertiary/aromatic N) is 7. The molecule has 1 saturated carbocycles. The van der Waals surface area contributed by atoms with Gasteiger partial charge in [-0.05, 0) is 48.6 Å². The Balaban J connectivity index is 1.22. The van der Waals surface area contributed by atoms with Crippen molar-refractivity contribution in [2.45, 2.75) is 64.1 Å². The minimum Gasteiger partial charge on any atom is -0.447 e. The van der Waals surface area contributed by atoms with Crippen LogP contribution >= 0.6 is 0 Å². The molecule has 4 heterocycles. The lowest BCUT2D eigenvalue weighted by Gasteiger charge is -2.25. The Kier molecular flexibility index (Phi) is 7.13. The summed E-state index contributed by atoms with van der Waals surface area (Å²) in [5.41, 5.74) is 2.11. The van der Waals surface area contributed by atoms with Crippen molar-refractivity contribution in [3.05, 3.63) is 48.8 Å². The minimum atomic E-state index is -1.17. The van der Waals surface area contributed by atoms with E-state index < -0.39 is 13.9 Å². The number of rotatable bonds is 9. The van der Waals surface area contributed by atoms with Crippen molar-refractivity contribution < 1.29 is 18.7 Å².